The molecule has 0 spiro atoms. The van der Waals surface area contributed by atoms with Gasteiger partial charge < -0.3 is 4.90 Å². The zero-order chi connectivity index (χ0) is 17.6. The molecule has 0 aromatic carbocycles. The highest BCUT2D eigenvalue weighted by molar-refractivity contribution is 7.11. The van der Waals surface area contributed by atoms with Gasteiger partial charge in [-0.15, -0.1) is 0 Å². The van der Waals surface area contributed by atoms with E-state index < -0.39 is 0 Å². The lowest BCUT2D eigenvalue weighted by Crippen LogP contribution is -2.38. The Balaban J connectivity index is 1.51. The van der Waals surface area contributed by atoms with E-state index in [2.05, 4.69) is 20.5 Å². The molecule has 0 radical (unpaired) electrons. The van der Waals surface area contributed by atoms with Crippen LogP contribution in [-0.4, -0.2) is 43.0 Å². The number of carbonyl (C=O) groups is 1. The van der Waals surface area contributed by atoms with Gasteiger partial charge in [0, 0.05) is 37.6 Å². The van der Waals surface area contributed by atoms with Crippen LogP contribution in [0.15, 0.2) is 18.3 Å². The van der Waals surface area contributed by atoms with Crippen LogP contribution in [0.2, 0.25) is 9.36 Å². The lowest BCUT2D eigenvalue weighted by molar-refractivity contribution is 0.0708. The Morgan fingerprint density at radius 3 is 2.76 bits per heavy atom. The second-order valence-corrected chi connectivity index (χ2v) is 7.82. The average Bonchev–Trinajstić information content (AvgIpc) is 3.15. The topological polar surface area (TPSA) is 63.9 Å². The second-order valence-electron chi connectivity index (χ2n) is 6.07. The predicted octanol–water partition coefficient (Wildman–Crippen LogP) is 3.75. The molecule has 9 heteroatoms. The predicted molar refractivity (Wildman–Crippen MR) is 98.5 cm³/mol. The van der Waals surface area contributed by atoms with Crippen molar-refractivity contribution in [2.75, 3.05) is 13.1 Å². The van der Waals surface area contributed by atoms with E-state index in [1.807, 2.05) is 17.8 Å². The third-order valence-corrected chi connectivity index (χ3v) is 6.21. The molecule has 3 aromatic heterocycles. The number of amides is 1. The third-order valence-electron chi connectivity index (χ3n) is 4.60. The lowest BCUT2D eigenvalue weighted by atomic mass is 9.92. The summed E-state index contributed by atoms with van der Waals surface area (Å²) in [5, 5.41) is 6.00. The number of nitrogens with zero attached hydrogens (tertiary/aromatic N) is 5. The van der Waals surface area contributed by atoms with E-state index in [1.165, 1.54) is 0 Å². The Morgan fingerprint density at radius 2 is 2.08 bits per heavy atom. The molecule has 25 heavy (non-hydrogen) atoms. The number of piperidine rings is 1. The molecule has 0 unspecified atom stereocenters. The Morgan fingerprint density at radius 1 is 1.32 bits per heavy atom. The van der Waals surface area contributed by atoms with Gasteiger partial charge in [-0.05, 0) is 36.5 Å². The molecule has 1 saturated heterocycles. The van der Waals surface area contributed by atoms with E-state index in [9.17, 15) is 4.79 Å². The number of halogens is 2. The van der Waals surface area contributed by atoms with Crippen molar-refractivity contribution in [3.63, 3.8) is 0 Å². The van der Waals surface area contributed by atoms with Crippen molar-refractivity contribution in [2.24, 2.45) is 7.05 Å². The summed E-state index contributed by atoms with van der Waals surface area (Å²) in [5.41, 5.74) is 2.20. The molecule has 130 valence electrons. The van der Waals surface area contributed by atoms with Crippen molar-refractivity contribution in [3.8, 4) is 0 Å². The van der Waals surface area contributed by atoms with Crippen LogP contribution in [0.1, 0.15) is 34.9 Å². The summed E-state index contributed by atoms with van der Waals surface area (Å²) in [4.78, 5) is 18.8. The van der Waals surface area contributed by atoms with Crippen LogP contribution in [0.3, 0.4) is 0 Å². The Kier molecular flexibility index (Phi) is 4.39. The van der Waals surface area contributed by atoms with Gasteiger partial charge in [0.1, 0.15) is 9.36 Å². The zero-order valence-electron chi connectivity index (χ0n) is 13.4. The minimum Gasteiger partial charge on any atom is -0.337 e. The van der Waals surface area contributed by atoms with Crippen molar-refractivity contribution < 1.29 is 4.79 Å². The molecule has 1 amide bonds. The molecular weight excluding hydrogens is 381 g/mol. The van der Waals surface area contributed by atoms with E-state index >= 15 is 0 Å². The molecule has 1 fully saturated rings. The molecule has 1 aliphatic heterocycles. The Bertz CT molecular complexity index is 945. The first-order valence-electron chi connectivity index (χ1n) is 7.94. The van der Waals surface area contributed by atoms with Crippen LogP contribution in [0, 0.1) is 0 Å². The highest BCUT2D eigenvalue weighted by atomic mass is 35.5. The second kappa shape index (κ2) is 6.55. The van der Waals surface area contributed by atoms with Gasteiger partial charge >= 0.3 is 0 Å². The molecule has 0 atom stereocenters. The first kappa shape index (κ1) is 16.8. The van der Waals surface area contributed by atoms with Gasteiger partial charge in [-0.2, -0.15) is 9.47 Å². The summed E-state index contributed by atoms with van der Waals surface area (Å²) >= 11 is 13.0. The summed E-state index contributed by atoms with van der Waals surface area (Å²) in [7, 11) is 1.91. The quantitative estimate of drug-likeness (QED) is 0.662. The third kappa shape index (κ3) is 2.90. The summed E-state index contributed by atoms with van der Waals surface area (Å²) in [6.07, 6.45) is 3.47. The molecule has 3 aromatic rings. The van der Waals surface area contributed by atoms with E-state index in [1.54, 1.807) is 11.1 Å². The fourth-order valence-corrected chi connectivity index (χ4v) is 4.30. The van der Waals surface area contributed by atoms with E-state index in [0.717, 1.165) is 41.1 Å². The summed E-state index contributed by atoms with van der Waals surface area (Å²) in [6.45, 7) is 1.29. The number of aromatic nitrogens is 4. The molecule has 4 rings (SSSR count). The number of carbonyl (C=O) groups excluding carboxylic acids is 1. The lowest BCUT2D eigenvalue weighted by Gasteiger charge is -2.31. The van der Waals surface area contributed by atoms with Crippen LogP contribution in [-0.2, 0) is 7.05 Å². The molecule has 0 aliphatic carbocycles. The summed E-state index contributed by atoms with van der Waals surface area (Å²) < 4.78 is 6.25. The highest BCUT2D eigenvalue weighted by Crippen LogP contribution is 2.34. The molecule has 4 heterocycles. The molecule has 6 nitrogen and oxygen atoms in total. The van der Waals surface area contributed by atoms with Gasteiger partial charge in [-0.25, -0.2) is 4.98 Å². The van der Waals surface area contributed by atoms with Gasteiger partial charge in [-0.1, -0.05) is 23.2 Å². The molecule has 0 N–H and O–H groups in total. The number of fused-ring (bicyclic) bond motifs is 1. The van der Waals surface area contributed by atoms with Crippen molar-refractivity contribution >= 4 is 51.7 Å². The molecule has 1 aliphatic rings. The van der Waals surface area contributed by atoms with Gasteiger partial charge in [0.2, 0.25) is 0 Å². The fourth-order valence-electron chi connectivity index (χ4n) is 3.32. The molecule has 0 saturated carbocycles. The smallest absolute Gasteiger partial charge is 0.275 e. The van der Waals surface area contributed by atoms with Crippen LogP contribution in [0.25, 0.3) is 11.0 Å². The maximum Gasteiger partial charge on any atom is 0.275 e. The number of rotatable bonds is 2. The number of hydrogen-bond donors (Lipinski definition) is 0. The van der Waals surface area contributed by atoms with Gasteiger partial charge in [0.05, 0.1) is 5.69 Å². The number of pyridine rings is 1. The van der Waals surface area contributed by atoms with E-state index in [-0.39, 0.29) is 16.6 Å². The normalized spacial score (nSPS) is 15.9. The number of hydrogen-bond acceptors (Lipinski definition) is 5. The maximum atomic E-state index is 12.6. The van der Waals surface area contributed by atoms with E-state index in [4.69, 9.17) is 23.2 Å². The Hall–Kier alpha value is -1.70. The number of likely N-dealkylation sites (tertiary alicyclic amines) is 1. The van der Waals surface area contributed by atoms with Crippen LogP contribution >= 0.6 is 34.7 Å². The largest absolute Gasteiger partial charge is 0.337 e. The monoisotopic (exact) mass is 395 g/mol. The summed E-state index contributed by atoms with van der Waals surface area (Å²) in [6, 6.07) is 3.99. The van der Waals surface area contributed by atoms with E-state index in [0.29, 0.717) is 23.3 Å². The van der Waals surface area contributed by atoms with Crippen molar-refractivity contribution in [3.05, 3.63) is 39.1 Å². The SMILES string of the molecule is Cn1nc(C2CCN(C(=O)c3nsc(Cl)c3Cl)CC2)c2cccnc21. The highest BCUT2D eigenvalue weighted by Gasteiger charge is 2.30. The maximum absolute atomic E-state index is 12.6. The zero-order valence-corrected chi connectivity index (χ0v) is 15.8. The van der Waals surface area contributed by atoms with Crippen LogP contribution in [0.4, 0.5) is 0 Å². The van der Waals surface area contributed by atoms with Crippen LogP contribution in [0.5, 0.6) is 0 Å². The number of aryl methyl sites for hydroxylation is 1. The average molecular weight is 396 g/mol. The summed E-state index contributed by atoms with van der Waals surface area (Å²) in [5.74, 6) is 0.158. The van der Waals surface area contributed by atoms with Crippen LogP contribution < -0.4 is 0 Å². The van der Waals surface area contributed by atoms with Gasteiger partial charge in [0.25, 0.3) is 5.91 Å². The first-order chi connectivity index (χ1) is 12.1. The minimum absolute atomic E-state index is 0.154. The Labute approximate surface area is 158 Å². The molecular formula is C16H15Cl2N5OS. The minimum atomic E-state index is -0.154. The van der Waals surface area contributed by atoms with Crippen molar-refractivity contribution in [1.82, 2.24) is 24.0 Å². The molecule has 0 bridgehead atoms. The van der Waals surface area contributed by atoms with Crippen molar-refractivity contribution in [2.45, 2.75) is 18.8 Å². The first-order valence-corrected chi connectivity index (χ1v) is 9.46. The standard InChI is InChI=1S/C16H15Cl2N5OS/c1-22-15-10(3-2-6-19-15)12(20-22)9-4-7-23(8-5-9)16(24)13-11(17)14(18)25-21-13/h2-3,6,9H,4-5,7-8H2,1H3. The van der Waals surface area contributed by atoms with Crippen molar-refractivity contribution in [1.29, 1.82) is 0 Å². The van der Waals surface area contributed by atoms with Gasteiger partial charge in [-0.3, -0.25) is 9.48 Å². The van der Waals surface area contributed by atoms with Gasteiger partial charge in [0.15, 0.2) is 11.3 Å². The fraction of sp³-hybridized carbons (Fsp3) is 0.375.